The van der Waals surface area contributed by atoms with Gasteiger partial charge in [0.1, 0.15) is 10.7 Å². The number of amides is 2. The van der Waals surface area contributed by atoms with Crippen molar-refractivity contribution in [2.75, 3.05) is 17.2 Å². The molecule has 0 atom stereocenters. The van der Waals surface area contributed by atoms with Crippen LogP contribution in [0.4, 0.5) is 14.5 Å². The summed E-state index contributed by atoms with van der Waals surface area (Å²) < 4.78 is 23.9. The molecule has 0 spiro atoms. The number of thiazole rings is 1. The van der Waals surface area contributed by atoms with Crippen LogP contribution in [-0.2, 0) is 4.79 Å². The number of carbonyl (C=O) groups excluding carboxylic acids is 2. The molecule has 0 saturated heterocycles. The maximum atomic E-state index is 13.6. The summed E-state index contributed by atoms with van der Waals surface area (Å²) in [6.45, 7) is -0.386. The number of hydrogen-bond donors (Lipinski definition) is 2. The molecule has 0 unspecified atom stereocenters. The van der Waals surface area contributed by atoms with Crippen LogP contribution >= 0.6 is 22.7 Å². The lowest BCUT2D eigenvalue weighted by atomic mass is 10.3. The number of ether oxygens (including phenoxy) is 1. The Morgan fingerprint density at radius 3 is 2.70 bits per heavy atom. The largest absolute Gasteiger partial charge is 0.481 e. The van der Waals surface area contributed by atoms with E-state index in [1.54, 1.807) is 18.2 Å². The minimum Gasteiger partial charge on any atom is -0.481 e. The van der Waals surface area contributed by atoms with Crippen LogP contribution in [0.15, 0.2) is 64.6 Å². The van der Waals surface area contributed by atoms with Crippen LogP contribution in [0.5, 0.6) is 5.75 Å². The Hall–Kier alpha value is -3.50. The molecule has 4 aromatic rings. The summed E-state index contributed by atoms with van der Waals surface area (Å²) in [4.78, 5) is 29.8. The van der Waals surface area contributed by atoms with Crippen molar-refractivity contribution in [3.63, 3.8) is 0 Å². The third-order valence-corrected chi connectivity index (χ3v) is 5.56. The summed E-state index contributed by atoms with van der Waals surface area (Å²) in [6, 6.07) is 12.7. The van der Waals surface area contributed by atoms with Crippen LogP contribution < -0.4 is 15.4 Å². The molecule has 0 bridgehead atoms. The lowest BCUT2D eigenvalue weighted by Crippen LogP contribution is -2.20. The molecule has 30 heavy (non-hydrogen) atoms. The maximum absolute atomic E-state index is 13.6. The molecule has 0 fully saturated rings. The fourth-order valence-corrected chi connectivity index (χ4v) is 4.15. The van der Waals surface area contributed by atoms with E-state index in [2.05, 4.69) is 15.6 Å². The highest BCUT2D eigenvalue weighted by Gasteiger charge is 2.19. The minimum absolute atomic E-state index is 0.0162. The Balaban J connectivity index is 1.48. The molecule has 152 valence electrons. The minimum atomic E-state index is -0.553. The second kappa shape index (κ2) is 8.89. The molecule has 1 aromatic carbocycles. The number of furan rings is 1. The molecule has 0 aliphatic rings. The molecule has 0 radical (unpaired) electrons. The van der Waals surface area contributed by atoms with Crippen LogP contribution in [0.1, 0.15) is 10.6 Å². The zero-order valence-electron chi connectivity index (χ0n) is 15.3. The van der Waals surface area contributed by atoms with Crippen molar-refractivity contribution in [2.45, 2.75) is 0 Å². The van der Waals surface area contributed by atoms with Gasteiger partial charge in [0, 0.05) is 0 Å². The number of para-hydroxylation sites is 1. The topological polar surface area (TPSA) is 93.5 Å². The molecule has 0 aliphatic carbocycles. The zero-order valence-corrected chi connectivity index (χ0v) is 16.9. The zero-order chi connectivity index (χ0) is 20.9. The van der Waals surface area contributed by atoms with Crippen LogP contribution in [0.2, 0.25) is 0 Å². The third kappa shape index (κ3) is 4.56. The number of aromatic nitrogens is 1. The first kappa shape index (κ1) is 19.8. The van der Waals surface area contributed by atoms with Crippen molar-refractivity contribution in [3.05, 3.63) is 71.8 Å². The Morgan fingerprint density at radius 1 is 1.10 bits per heavy atom. The smallest absolute Gasteiger partial charge is 0.292 e. The van der Waals surface area contributed by atoms with Gasteiger partial charge in [-0.15, -0.1) is 11.3 Å². The van der Waals surface area contributed by atoms with Gasteiger partial charge in [-0.1, -0.05) is 29.5 Å². The van der Waals surface area contributed by atoms with E-state index in [0.717, 1.165) is 16.2 Å². The van der Waals surface area contributed by atoms with Crippen LogP contribution in [-0.4, -0.2) is 23.4 Å². The van der Waals surface area contributed by atoms with E-state index in [1.165, 1.54) is 35.8 Å². The van der Waals surface area contributed by atoms with Gasteiger partial charge in [0.25, 0.3) is 11.8 Å². The fourth-order valence-electron chi connectivity index (χ4n) is 2.47. The van der Waals surface area contributed by atoms with E-state index < -0.39 is 17.6 Å². The van der Waals surface area contributed by atoms with Crippen LogP contribution in [0, 0.1) is 5.82 Å². The van der Waals surface area contributed by atoms with E-state index in [1.807, 2.05) is 17.5 Å². The average molecular weight is 443 g/mol. The van der Waals surface area contributed by atoms with Gasteiger partial charge in [-0.2, -0.15) is 0 Å². The van der Waals surface area contributed by atoms with Gasteiger partial charge in [0.15, 0.2) is 29.1 Å². The molecule has 0 aliphatic heterocycles. The van der Waals surface area contributed by atoms with Gasteiger partial charge in [0.05, 0.1) is 11.1 Å². The highest BCUT2D eigenvalue weighted by atomic mass is 32.1. The number of benzene rings is 1. The van der Waals surface area contributed by atoms with Crippen molar-refractivity contribution < 1.29 is 23.1 Å². The summed E-state index contributed by atoms with van der Waals surface area (Å²) in [6.07, 6.45) is 1.41. The number of rotatable bonds is 7. The highest BCUT2D eigenvalue weighted by Crippen LogP contribution is 2.38. The Labute approximate surface area is 178 Å². The van der Waals surface area contributed by atoms with Gasteiger partial charge in [0.2, 0.25) is 0 Å². The average Bonchev–Trinajstić information content (AvgIpc) is 3.49. The van der Waals surface area contributed by atoms with Gasteiger partial charge < -0.3 is 14.5 Å². The van der Waals surface area contributed by atoms with Gasteiger partial charge in [-0.3, -0.25) is 14.9 Å². The number of halogens is 1. The van der Waals surface area contributed by atoms with Gasteiger partial charge >= 0.3 is 0 Å². The second-order valence-electron chi connectivity index (χ2n) is 5.87. The molecular weight excluding hydrogens is 429 g/mol. The van der Waals surface area contributed by atoms with Crippen molar-refractivity contribution in [1.82, 2.24) is 4.98 Å². The predicted molar refractivity (Wildman–Crippen MR) is 113 cm³/mol. The number of hydrogen-bond acceptors (Lipinski definition) is 7. The normalized spacial score (nSPS) is 10.6. The molecule has 10 heteroatoms. The molecule has 3 aromatic heterocycles. The van der Waals surface area contributed by atoms with Crippen molar-refractivity contribution in [1.29, 1.82) is 0 Å². The quantitative estimate of drug-likeness (QED) is 0.425. The Bertz CT molecular complexity index is 1160. The Morgan fingerprint density at radius 2 is 1.97 bits per heavy atom. The first-order chi connectivity index (χ1) is 14.6. The number of carbonyl (C=O) groups is 2. The molecule has 7 nitrogen and oxygen atoms in total. The first-order valence-corrected chi connectivity index (χ1v) is 10.4. The second-order valence-corrected chi connectivity index (χ2v) is 7.82. The Kier molecular flexibility index (Phi) is 5.87. The van der Waals surface area contributed by atoms with E-state index >= 15 is 0 Å². The van der Waals surface area contributed by atoms with Gasteiger partial charge in [-0.25, -0.2) is 9.37 Å². The number of thiophene rings is 1. The number of nitrogens with one attached hydrogen (secondary N) is 2. The lowest BCUT2D eigenvalue weighted by Gasteiger charge is -2.06. The maximum Gasteiger partial charge on any atom is 0.292 e. The fraction of sp³-hybridized carbons (Fsp3) is 0.0500. The van der Waals surface area contributed by atoms with Crippen LogP contribution in [0.3, 0.4) is 0 Å². The molecular formula is C20H14FN3O4S2. The number of nitrogens with zero attached hydrogens (tertiary/aromatic N) is 1. The summed E-state index contributed by atoms with van der Waals surface area (Å²) in [5.74, 6) is -1.35. The summed E-state index contributed by atoms with van der Waals surface area (Å²) in [5, 5.41) is 7.99. The molecule has 2 N–H and O–H groups in total. The monoisotopic (exact) mass is 443 g/mol. The highest BCUT2D eigenvalue weighted by molar-refractivity contribution is 7.21. The lowest BCUT2D eigenvalue weighted by molar-refractivity contribution is -0.118. The van der Waals surface area contributed by atoms with E-state index in [9.17, 15) is 14.0 Å². The van der Waals surface area contributed by atoms with E-state index in [-0.39, 0.29) is 23.2 Å². The molecule has 0 saturated carbocycles. The summed E-state index contributed by atoms with van der Waals surface area (Å²) in [7, 11) is 0. The molecule has 2 amide bonds. The number of anilines is 2. The third-order valence-electron chi connectivity index (χ3n) is 3.80. The van der Waals surface area contributed by atoms with Crippen molar-refractivity contribution in [2.24, 2.45) is 0 Å². The molecule has 4 rings (SSSR count). The van der Waals surface area contributed by atoms with Crippen LogP contribution in [0.25, 0.3) is 10.6 Å². The standard InChI is InChI=1S/C20H14FN3O4S2/c21-12-5-1-2-6-13(12)28-11-16(25)22-20-23-17(15-8-4-10-29-15)19(30-20)24-18(26)14-7-3-9-27-14/h1-10H,11H2,(H,24,26)(H,22,23,25). The predicted octanol–water partition coefficient (Wildman–Crippen LogP) is 4.87. The van der Waals surface area contributed by atoms with Crippen molar-refractivity contribution in [3.8, 4) is 16.3 Å². The van der Waals surface area contributed by atoms with Crippen molar-refractivity contribution >= 4 is 44.6 Å². The summed E-state index contributed by atoms with van der Waals surface area (Å²) >= 11 is 2.54. The first-order valence-electron chi connectivity index (χ1n) is 8.67. The van der Waals surface area contributed by atoms with E-state index in [0.29, 0.717) is 10.7 Å². The van der Waals surface area contributed by atoms with Gasteiger partial charge in [-0.05, 0) is 35.7 Å². The summed E-state index contributed by atoms with van der Waals surface area (Å²) in [5.41, 5.74) is 0.528. The van der Waals surface area contributed by atoms with E-state index in [4.69, 9.17) is 9.15 Å². The molecule has 3 heterocycles. The SMILES string of the molecule is O=C(COc1ccccc1F)Nc1nc(-c2cccs2)c(NC(=O)c2ccco2)s1.